The predicted molar refractivity (Wildman–Crippen MR) is 82.8 cm³/mol. The second kappa shape index (κ2) is 7.09. The van der Waals surface area contributed by atoms with Crippen LogP contribution in [-0.4, -0.2) is 10.1 Å². The summed E-state index contributed by atoms with van der Waals surface area (Å²) in [5, 5.41) is 19.9. The number of fused-ring (bicyclic) bond motifs is 2. The average Bonchev–Trinajstić information content (AvgIpc) is 2.90. The van der Waals surface area contributed by atoms with Crippen LogP contribution in [0.2, 0.25) is 0 Å². The molecule has 2 aromatic rings. The Balaban J connectivity index is 0.000000160. The van der Waals surface area contributed by atoms with Crippen LogP contribution in [0.1, 0.15) is 30.7 Å². The van der Waals surface area contributed by atoms with Gasteiger partial charge in [0.25, 0.3) is 0 Å². The van der Waals surface area contributed by atoms with E-state index in [0.717, 1.165) is 33.7 Å². The largest absolute Gasteiger partial charge is 0.618 e. The third-order valence-electron chi connectivity index (χ3n) is 3.30. The van der Waals surface area contributed by atoms with Crippen molar-refractivity contribution in [2.75, 3.05) is 5.73 Å². The number of hydrogen-bond acceptors (Lipinski definition) is 5. The number of rotatable bonds is 3. The van der Waals surface area contributed by atoms with E-state index < -0.39 is 0 Å². The molecule has 0 unspecified atom stereocenters. The highest BCUT2D eigenvalue weighted by Gasteiger charge is 2.14. The van der Waals surface area contributed by atoms with Gasteiger partial charge in [0.2, 0.25) is 5.69 Å². The molecule has 0 fully saturated rings. The van der Waals surface area contributed by atoms with Crippen molar-refractivity contribution >= 4 is 5.69 Å². The summed E-state index contributed by atoms with van der Waals surface area (Å²) >= 11 is 0. The molecule has 0 saturated heterocycles. The monoisotopic (exact) mass is 303 g/mol. The fourth-order valence-electron chi connectivity index (χ4n) is 2.18. The summed E-state index contributed by atoms with van der Waals surface area (Å²) in [5.41, 5.74) is 8.83. The van der Waals surface area contributed by atoms with Crippen LogP contribution in [0.3, 0.4) is 0 Å². The minimum Gasteiger partial charge on any atom is -0.618 e. The lowest BCUT2D eigenvalue weighted by Gasteiger charge is -2.04. The Bertz CT molecular complexity index is 645. The van der Waals surface area contributed by atoms with Crippen molar-refractivity contribution in [1.29, 1.82) is 0 Å². The fourth-order valence-corrected chi connectivity index (χ4v) is 2.18. The number of ether oxygens (including phenoxy) is 1. The van der Waals surface area contributed by atoms with E-state index in [1.165, 1.54) is 12.4 Å². The van der Waals surface area contributed by atoms with Gasteiger partial charge in [-0.3, -0.25) is 4.98 Å². The number of aliphatic hydroxyl groups is 1. The maximum Gasteiger partial charge on any atom is 0.211 e. The number of nitrogens with two attached hydrogens (primary N) is 1. The van der Waals surface area contributed by atoms with Crippen molar-refractivity contribution in [2.24, 2.45) is 5.92 Å². The zero-order valence-corrected chi connectivity index (χ0v) is 12.8. The SMILES string of the molecule is CC(C)Cc1cncc[n+]1[O-].Nc1c(CO)cc2cc1CO2. The van der Waals surface area contributed by atoms with Crippen molar-refractivity contribution in [3.63, 3.8) is 0 Å². The molecule has 0 spiro atoms. The lowest BCUT2D eigenvalue weighted by Crippen LogP contribution is -2.32. The lowest BCUT2D eigenvalue weighted by atomic mass is 10.1. The molecule has 0 saturated carbocycles. The first-order valence-electron chi connectivity index (χ1n) is 7.18. The quantitative estimate of drug-likeness (QED) is 0.510. The molecule has 6 heteroatoms. The van der Waals surface area contributed by atoms with Gasteiger partial charge in [0.1, 0.15) is 12.4 Å². The van der Waals surface area contributed by atoms with Gasteiger partial charge in [0, 0.05) is 23.2 Å². The van der Waals surface area contributed by atoms with Gasteiger partial charge >= 0.3 is 0 Å². The van der Waals surface area contributed by atoms with E-state index in [-0.39, 0.29) is 6.61 Å². The minimum atomic E-state index is -0.0178. The molecule has 3 rings (SSSR count). The van der Waals surface area contributed by atoms with E-state index in [9.17, 15) is 5.21 Å². The van der Waals surface area contributed by atoms with E-state index >= 15 is 0 Å². The maximum absolute atomic E-state index is 11.0. The van der Waals surface area contributed by atoms with Crippen LogP contribution in [0.4, 0.5) is 5.69 Å². The molecule has 22 heavy (non-hydrogen) atoms. The Morgan fingerprint density at radius 2 is 2.23 bits per heavy atom. The molecule has 2 heterocycles. The second-order valence-corrected chi connectivity index (χ2v) is 5.59. The smallest absolute Gasteiger partial charge is 0.211 e. The van der Waals surface area contributed by atoms with E-state index in [4.69, 9.17) is 15.6 Å². The van der Waals surface area contributed by atoms with Gasteiger partial charge in [0.05, 0.1) is 19.0 Å². The Hall–Kier alpha value is -2.34. The van der Waals surface area contributed by atoms with Gasteiger partial charge in [0.15, 0.2) is 6.20 Å². The van der Waals surface area contributed by atoms with E-state index in [1.54, 1.807) is 12.3 Å². The summed E-state index contributed by atoms with van der Waals surface area (Å²) in [6.45, 7) is 4.68. The van der Waals surface area contributed by atoms with Crippen molar-refractivity contribution in [3.8, 4) is 5.75 Å². The molecule has 6 nitrogen and oxygen atoms in total. The first kappa shape index (κ1) is 16.0. The molecule has 2 bridgehead atoms. The molecule has 1 aromatic carbocycles. The molecule has 0 aliphatic carbocycles. The Morgan fingerprint density at radius 1 is 1.45 bits per heavy atom. The number of anilines is 1. The van der Waals surface area contributed by atoms with Crippen LogP contribution in [0, 0.1) is 11.1 Å². The normalized spacial score (nSPS) is 11.8. The summed E-state index contributed by atoms with van der Waals surface area (Å²) in [6.07, 6.45) is 5.33. The number of hydrogen-bond donors (Lipinski definition) is 2. The summed E-state index contributed by atoms with van der Waals surface area (Å²) in [4.78, 5) is 3.88. The highest BCUT2D eigenvalue weighted by molar-refractivity contribution is 5.58. The molecular formula is C16H21N3O3. The van der Waals surface area contributed by atoms with Gasteiger partial charge in [-0.15, -0.1) is 0 Å². The molecule has 0 amide bonds. The number of nitrogen functional groups attached to an aromatic ring is 1. The van der Waals surface area contributed by atoms with Crippen molar-refractivity contribution in [2.45, 2.75) is 33.5 Å². The summed E-state index contributed by atoms with van der Waals surface area (Å²) < 4.78 is 6.08. The number of aromatic nitrogens is 2. The Labute approximate surface area is 129 Å². The van der Waals surface area contributed by atoms with Gasteiger partial charge < -0.3 is 20.8 Å². The van der Waals surface area contributed by atoms with Crippen molar-refractivity contribution in [3.05, 3.63) is 52.8 Å². The standard InChI is InChI=1S/C8H12N2O.C8H9NO2/c1-7(2)5-8-6-9-3-4-10(8)11;9-8-5(3-10)1-7-2-6(8)4-11-7/h3-4,6-7H,5H2,1-2H3;1-2,10H,3-4,9H2. The fraction of sp³-hybridized carbons (Fsp3) is 0.375. The number of benzene rings is 1. The van der Waals surface area contributed by atoms with Crippen LogP contribution in [0.25, 0.3) is 0 Å². The molecule has 0 radical (unpaired) electrons. The van der Waals surface area contributed by atoms with Crippen LogP contribution in [-0.2, 0) is 19.6 Å². The maximum atomic E-state index is 11.0. The molecule has 1 aromatic heterocycles. The number of aliphatic hydroxyl groups excluding tert-OH is 1. The van der Waals surface area contributed by atoms with Crippen LogP contribution in [0.5, 0.6) is 5.75 Å². The first-order valence-corrected chi connectivity index (χ1v) is 7.18. The highest BCUT2D eigenvalue weighted by atomic mass is 16.5. The summed E-state index contributed by atoms with van der Waals surface area (Å²) in [5.74, 6) is 1.30. The molecular weight excluding hydrogens is 282 g/mol. The zero-order valence-electron chi connectivity index (χ0n) is 12.8. The van der Waals surface area contributed by atoms with Gasteiger partial charge in [-0.05, 0) is 18.1 Å². The van der Waals surface area contributed by atoms with Crippen LogP contribution in [0.15, 0.2) is 30.7 Å². The van der Waals surface area contributed by atoms with Crippen molar-refractivity contribution < 1.29 is 14.6 Å². The van der Waals surface area contributed by atoms with Gasteiger partial charge in [-0.1, -0.05) is 13.8 Å². The third kappa shape index (κ3) is 3.85. The summed E-state index contributed by atoms with van der Waals surface area (Å²) in [7, 11) is 0. The molecule has 0 atom stereocenters. The molecule has 3 N–H and O–H groups in total. The highest BCUT2D eigenvalue weighted by Crippen LogP contribution is 2.31. The number of nitrogens with zero attached hydrogens (tertiary/aromatic N) is 2. The molecule has 1 aliphatic rings. The van der Waals surface area contributed by atoms with E-state index in [2.05, 4.69) is 18.8 Å². The molecule has 118 valence electrons. The zero-order chi connectivity index (χ0) is 16.1. The van der Waals surface area contributed by atoms with Gasteiger partial charge in [-0.2, -0.15) is 4.73 Å². The molecule has 1 aliphatic heterocycles. The van der Waals surface area contributed by atoms with Crippen LogP contribution < -0.4 is 15.2 Å². The van der Waals surface area contributed by atoms with Gasteiger partial charge in [-0.25, -0.2) is 0 Å². The van der Waals surface area contributed by atoms with E-state index in [1.807, 2.05) is 6.07 Å². The lowest BCUT2D eigenvalue weighted by molar-refractivity contribution is -0.615. The third-order valence-corrected chi connectivity index (χ3v) is 3.30. The van der Waals surface area contributed by atoms with E-state index in [0.29, 0.717) is 18.2 Å². The Kier molecular flexibility index (Phi) is 5.16. The Morgan fingerprint density at radius 3 is 2.86 bits per heavy atom. The average molecular weight is 303 g/mol. The minimum absolute atomic E-state index is 0.0178. The topological polar surface area (TPSA) is 95.3 Å². The predicted octanol–water partition coefficient (Wildman–Crippen LogP) is 1.57. The first-order chi connectivity index (χ1) is 10.5. The van der Waals surface area contributed by atoms with Crippen molar-refractivity contribution in [1.82, 2.24) is 4.98 Å². The van der Waals surface area contributed by atoms with Crippen LogP contribution >= 0.6 is 0 Å². The summed E-state index contributed by atoms with van der Waals surface area (Å²) in [6, 6.07) is 3.67. The second-order valence-electron chi connectivity index (χ2n) is 5.59.